The largest absolute Gasteiger partial charge is 0.397 e. The molecule has 0 bridgehead atoms. The Hall–Kier alpha value is -1.23. The van der Waals surface area contributed by atoms with E-state index in [1.807, 2.05) is 6.07 Å². The molecule has 2 fully saturated rings. The van der Waals surface area contributed by atoms with Crippen molar-refractivity contribution in [3.8, 4) is 0 Å². The van der Waals surface area contributed by atoms with Crippen LogP contribution in [0.25, 0.3) is 0 Å². The van der Waals surface area contributed by atoms with Crippen LogP contribution < -0.4 is 16.4 Å². The Bertz CT molecular complexity index is 475. The van der Waals surface area contributed by atoms with E-state index in [4.69, 9.17) is 5.73 Å². The zero-order chi connectivity index (χ0) is 12.8. The fourth-order valence-electron chi connectivity index (χ4n) is 2.63. The van der Waals surface area contributed by atoms with Gasteiger partial charge in [0.1, 0.15) is 4.88 Å². The van der Waals surface area contributed by atoms with Crippen molar-refractivity contribution in [2.45, 2.75) is 25.7 Å². The van der Waals surface area contributed by atoms with Crippen molar-refractivity contribution in [1.82, 2.24) is 5.32 Å². The van der Waals surface area contributed by atoms with Gasteiger partial charge < -0.3 is 16.4 Å². The molecule has 2 aliphatic carbocycles. The van der Waals surface area contributed by atoms with E-state index in [0.717, 1.165) is 17.5 Å². The molecule has 1 heterocycles. The lowest BCUT2D eigenvalue weighted by Crippen LogP contribution is -2.17. The van der Waals surface area contributed by atoms with Crippen LogP contribution >= 0.6 is 11.3 Å². The second-order valence-corrected chi connectivity index (χ2v) is 6.52. The second kappa shape index (κ2) is 4.16. The van der Waals surface area contributed by atoms with Crippen LogP contribution in [0.4, 0.5) is 10.7 Å². The van der Waals surface area contributed by atoms with Crippen molar-refractivity contribution in [2.75, 3.05) is 24.6 Å². The fourth-order valence-corrected chi connectivity index (χ4v) is 3.55. The summed E-state index contributed by atoms with van der Waals surface area (Å²) >= 11 is 1.44. The Balaban J connectivity index is 1.64. The van der Waals surface area contributed by atoms with Crippen LogP contribution in [-0.4, -0.2) is 19.5 Å². The lowest BCUT2D eigenvalue weighted by atomic mass is 10.0. The van der Waals surface area contributed by atoms with Crippen LogP contribution in [0.15, 0.2) is 6.07 Å². The summed E-state index contributed by atoms with van der Waals surface area (Å²) in [4.78, 5) is 12.2. The molecular weight excluding hydrogens is 246 g/mol. The zero-order valence-corrected chi connectivity index (χ0v) is 11.4. The standard InChI is InChI=1S/C13H19N3OS/c1-15-12(17)11-9(14)6-10(18-11)16-7-13(4-5-13)8-2-3-8/h6,8,16H,2-5,7,14H2,1H3,(H,15,17). The number of carbonyl (C=O) groups excluding carboxylic acids is 1. The molecule has 0 aliphatic heterocycles. The Morgan fingerprint density at radius 3 is 2.83 bits per heavy atom. The lowest BCUT2D eigenvalue weighted by Gasteiger charge is -2.14. The van der Waals surface area contributed by atoms with Crippen molar-refractivity contribution in [3.63, 3.8) is 0 Å². The predicted molar refractivity (Wildman–Crippen MR) is 75.0 cm³/mol. The monoisotopic (exact) mass is 265 g/mol. The maximum Gasteiger partial charge on any atom is 0.263 e. The van der Waals surface area contributed by atoms with E-state index < -0.39 is 0 Å². The third-order valence-corrected chi connectivity index (χ3v) is 5.25. The number of nitrogens with one attached hydrogen (secondary N) is 2. The highest BCUT2D eigenvalue weighted by molar-refractivity contribution is 7.18. The van der Waals surface area contributed by atoms with Crippen molar-refractivity contribution in [2.24, 2.45) is 11.3 Å². The summed E-state index contributed by atoms with van der Waals surface area (Å²) in [6, 6.07) is 1.87. The van der Waals surface area contributed by atoms with Gasteiger partial charge in [0.15, 0.2) is 0 Å². The molecule has 3 rings (SSSR count). The Labute approximate surface area is 111 Å². The highest BCUT2D eigenvalue weighted by atomic mass is 32.1. The van der Waals surface area contributed by atoms with Crippen LogP contribution in [0.2, 0.25) is 0 Å². The molecule has 1 aromatic rings. The van der Waals surface area contributed by atoms with E-state index in [-0.39, 0.29) is 5.91 Å². The first-order valence-electron chi connectivity index (χ1n) is 6.50. The molecule has 0 radical (unpaired) electrons. The molecule has 0 atom stereocenters. The molecule has 0 saturated heterocycles. The van der Waals surface area contributed by atoms with Gasteiger partial charge in [0.25, 0.3) is 5.91 Å². The van der Waals surface area contributed by atoms with Crippen molar-refractivity contribution in [3.05, 3.63) is 10.9 Å². The molecule has 4 N–H and O–H groups in total. The Morgan fingerprint density at radius 1 is 1.56 bits per heavy atom. The zero-order valence-electron chi connectivity index (χ0n) is 10.6. The molecule has 4 nitrogen and oxygen atoms in total. The topological polar surface area (TPSA) is 67.2 Å². The number of nitrogen functional groups attached to an aromatic ring is 1. The Kier molecular flexibility index (Phi) is 2.73. The van der Waals surface area contributed by atoms with E-state index in [9.17, 15) is 4.79 Å². The molecule has 5 heteroatoms. The van der Waals surface area contributed by atoms with Gasteiger partial charge in [0.2, 0.25) is 0 Å². The van der Waals surface area contributed by atoms with Crippen molar-refractivity contribution in [1.29, 1.82) is 0 Å². The van der Waals surface area contributed by atoms with E-state index in [1.54, 1.807) is 7.05 Å². The van der Waals surface area contributed by atoms with E-state index in [2.05, 4.69) is 10.6 Å². The molecule has 0 unspecified atom stereocenters. The summed E-state index contributed by atoms with van der Waals surface area (Å²) in [5.74, 6) is 0.842. The van der Waals surface area contributed by atoms with Crippen molar-refractivity contribution < 1.29 is 4.79 Å². The molecule has 0 aromatic carbocycles. The van der Waals surface area contributed by atoms with Gasteiger partial charge in [-0.05, 0) is 43.1 Å². The number of hydrogen-bond donors (Lipinski definition) is 3. The minimum absolute atomic E-state index is 0.103. The maximum atomic E-state index is 11.6. The number of amides is 1. The summed E-state index contributed by atoms with van der Waals surface area (Å²) in [6.07, 6.45) is 5.51. The third kappa shape index (κ3) is 2.07. The van der Waals surface area contributed by atoms with Crippen LogP contribution in [0, 0.1) is 11.3 Å². The van der Waals surface area contributed by atoms with Gasteiger partial charge >= 0.3 is 0 Å². The van der Waals surface area contributed by atoms with E-state index in [1.165, 1.54) is 37.0 Å². The minimum atomic E-state index is -0.103. The van der Waals surface area contributed by atoms with Gasteiger partial charge in [0, 0.05) is 13.6 Å². The molecule has 1 amide bonds. The van der Waals surface area contributed by atoms with Crippen LogP contribution in [0.5, 0.6) is 0 Å². The van der Waals surface area contributed by atoms with Gasteiger partial charge in [-0.3, -0.25) is 4.79 Å². The molecule has 2 aliphatic rings. The smallest absolute Gasteiger partial charge is 0.263 e. The number of hydrogen-bond acceptors (Lipinski definition) is 4. The average Bonchev–Trinajstić information content (AvgIpc) is 3.24. The number of nitrogens with two attached hydrogens (primary N) is 1. The Morgan fingerprint density at radius 2 is 2.28 bits per heavy atom. The summed E-state index contributed by atoms with van der Waals surface area (Å²) in [7, 11) is 1.63. The molecule has 18 heavy (non-hydrogen) atoms. The molecule has 98 valence electrons. The number of thiophene rings is 1. The average molecular weight is 265 g/mol. The molecule has 1 aromatic heterocycles. The summed E-state index contributed by atoms with van der Waals surface area (Å²) in [6.45, 7) is 1.03. The van der Waals surface area contributed by atoms with Crippen LogP contribution in [0.3, 0.4) is 0 Å². The predicted octanol–water partition coefficient (Wildman–Crippen LogP) is 2.29. The summed E-state index contributed by atoms with van der Waals surface area (Å²) in [5.41, 5.74) is 6.98. The normalized spacial score (nSPS) is 20.5. The van der Waals surface area contributed by atoms with E-state index >= 15 is 0 Å². The van der Waals surface area contributed by atoms with E-state index in [0.29, 0.717) is 16.0 Å². The number of carbonyl (C=O) groups is 1. The number of anilines is 2. The van der Waals surface area contributed by atoms with Gasteiger partial charge in [-0.2, -0.15) is 0 Å². The fraction of sp³-hybridized carbons (Fsp3) is 0.615. The summed E-state index contributed by atoms with van der Waals surface area (Å²) < 4.78 is 0. The first-order valence-corrected chi connectivity index (χ1v) is 7.31. The molecular formula is C13H19N3OS. The number of rotatable bonds is 5. The first kappa shape index (κ1) is 11.8. The van der Waals surface area contributed by atoms with Gasteiger partial charge in [0.05, 0.1) is 10.7 Å². The molecule has 2 saturated carbocycles. The molecule has 0 spiro atoms. The summed E-state index contributed by atoms with van der Waals surface area (Å²) in [5, 5.41) is 7.09. The van der Waals surface area contributed by atoms with Crippen molar-refractivity contribution >= 4 is 27.9 Å². The lowest BCUT2D eigenvalue weighted by molar-refractivity contribution is 0.0968. The van der Waals surface area contributed by atoms with Crippen LogP contribution in [-0.2, 0) is 0 Å². The minimum Gasteiger partial charge on any atom is -0.397 e. The van der Waals surface area contributed by atoms with Gasteiger partial charge in [-0.15, -0.1) is 11.3 Å². The van der Waals surface area contributed by atoms with Gasteiger partial charge in [-0.1, -0.05) is 0 Å². The third-order valence-electron chi connectivity index (χ3n) is 4.14. The van der Waals surface area contributed by atoms with Crippen LogP contribution in [0.1, 0.15) is 35.4 Å². The quantitative estimate of drug-likeness (QED) is 0.765. The SMILES string of the molecule is CNC(=O)c1sc(NCC2(C3CC3)CC2)cc1N. The second-order valence-electron chi connectivity index (χ2n) is 5.46. The van der Waals surface area contributed by atoms with Gasteiger partial charge in [-0.25, -0.2) is 0 Å². The first-order chi connectivity index (χ1) is 8.64. The maximum absolute atomic E-state index is 11.6. The highest BCUT2D eigenvalue weighted by Crippen LogP contribution is 2.61. The highest BCUT2D eigenvalue weighted by Gasteiger charge is 2.53.